The van der Waals surface area contributed by atoms with Crippen molar-refractivity contribution in [2.24, 2.45) is 13.0 Å². The molecular weight excluding hydrogens is 445 g/mol. The van der Waals surface area contributed by atoms with Crippen LogP contribution in [0, 0.1) is 17.6 Å². The number of carbonyl (C=O) groups is 1. The van der Waals surface area contributed by atoms with Gasteiger partial charge in [0.25, 0.3) is 5.91 Å². The van der Waals surface area contributed by atoms with E-state index in [2.05, 4.69) is 22.5 Å². The Kier molecular flexibility index (Phi) is 6.08. The van der Waals surface area contributed by atoms with Crippen LogP contribution in [0.25, 0.3) is 11.0 Å². The van der Waals surface area contributed by atoms with Gasteiger partial charge in [0, 0.05) is 19.2 Å². The maximum absolute atomic E-state index is 14.8. The summed E-state index contributed by atoms with van der Waals surface area (Å²) in [7, 11) is 1.65. The molecule has 0 atom stereocenters. The molecule has 4 rings (SSSR count). The highest BCUT2D eigenvalue weighted by Gasteiger charge is 2.23. The molecule has 0 bridgehead atoms. The van der Waals surface area contributed by atoms with E-state index in [-0.39, 0.29) is 33.3 Å². The zero-order valence-electron chi connectivity index (χ0n) is 17.1. The molecule has 164 valence electrons. The normalized spacial score (nSPS) is 18.9. The maximum atomic E-state index is 14.8. The van der Waals surface area contributed by atoms with Gasteiger partial charge in [-0.05, 0) is 49.8 Å². The predicted molar refractivity (Wildman–Crippen MR) is 119 cm³/mol. The van der Waals surface area contributed by atoms with E-state index in [1.54, 1.807) is 11.6 Å². The first-order chi connectivity index (χ1) is 14.7. The van der Waals surface area contributed by atoms with E-state index in [4.69, 9.17) is 23.2 Å². The Balaban J connectivity index is 1.62. The molecule has 3 aromatic rings. The molecule has 0 radical (unpaired) electrons. The summed E-state index contributed by atoms with van der Waals surface area (Å²) in [5.41, 5.74) is 0.745. The number of nitrogens with zero attached hydrogens (tertiary/aromatic N) is 2. The van der Waals surface area contributed by atoms with Gasteiger partial charge in [-0.3, -0.25) is 4.79 Å². The molecule has 2 N–H and O–H groups in total. The lowest BCUT2D eigenvalue weighted by Crippen LogP contribution is -2.37. The van der Waals surface area contributed by atoms with E-state index >= 15 is 0 Å². The van der Waals surface area contributed by atoms with Gasteiger partial charge in [0.2, 0.25) is 5.95 Å². The molecule has 0 aliphatic heterocycles. The van der Waals surface area contributed by atoms with Crippen LogP contribution in [0.15, 0.2) is 24.3 Å². The summed E-state index contributed by atoms with van der Waals surface area (Å²) >= 11 is 11.9. The number of benzene rings is 2. The molecule has 1 aromatic heterocycles. The summed E-state index contributed by atoms with van der Waals surface area (Å²) < 4.78 is 30.7. The second kappa shape index (κ2) is 8.63. The zero-order chi connectivity index (χ0) is 22.3. The van der Waals surface area contributed by atoms with Gasteiger partial charge < -0.3 is 15.2 Å². The highest BCUT2D eigenvalue weighted by molar-refractivity contribution is 6.35. The quantitative estimate of drug-likeness (QED) is 0.449. The summed E-state index contributed by atoms with van der Waals surface area (Å²) in [5, 5.41) is 5.78. The lowest BCUT2D eigenvalue weighted by Gasteiger charge is -2.26. The number of fused-ring (bicyclic) bond motifs is 1. The van der Waals surface area contributed by atoms with Gasteiger partial charge in [0.1, 0.15) is 5.82 Å². The lowest BCUT2D eigenvalue weighted by molar-refractivity contribution is 0.0919. The Morgan fingerprint density at radius 1 is 1.13 bits per heavy atom. The molecule has 31 heavy (non-hydrogen) atoms. The summed E-state index contributed by atoms with van der Waals surface area (Å²) in [6.07, 6.45) is 3.87. The minimum absolute atomic E-state index is 0.0301. The molecule has 1 saturated carbocycles. The topological polar surface area (TPSA) is 59.0 Å². The Morgan fingerprint density at radius 2 is 1.81 bits per heavy atom. The van der Waals surface area contributed by atoms with Crippen molar-refractivity contribution in [3.05, 3.63) is 51.5 Å². The molecule has 0 saturated heterocycles. The van der Waals surface area contributed by atoms with Gasteiger partial charge in [0.15, 0.2) is 5.82 Å². The van der Waals surface area contributed by atoms with E-state index in [1.165, 1.54) is 24.3 Å². The summed E-state index contributed by atoms with van der Waals surface area (Å²) in [4.78, 5) is 17.1. The number of aryl methyl sites for hydroxylation is 1. The number of aromatic nitrogens is 2. The number of imidazole rings is 1. The Morgan fingerprint density at radius 3 is 2.52 bits per heavy atom. The van der Waals surface area contributed by atoms with Gasteiger partial charge in [-0.15, -0.1) is 0 Å². The van der Waals surface area contributed by atoms with Crippen molar-refractivity contribution in [2.75, 3.05) is 5.32 Å². The highest BCUT2D eigenvalue weighted by atomic mass is 35.5. The van der Waals surface area contributed by atoms with E-state index < -0.39 is 17.5 Å². The van der Waals surface area contributed by atoms with E-state index in [1.807, 2.05) is 0 Å². The van der Waals surface area contributed by atoms with Crippen molar-refractivity contribution in [3.63, 3.8) is 0 Å². The monoisotopic (exact) mass is 466 g/mol. The van der Waals surface area contributed by atoms with E-state index in [9.17, 15) is 13.6 Å². The van der Waals surface area contributed by atoms with Gasteiger partial charge in [-0.1, -0.05) is 30.1 Å². The number of carbonyl (C=O) groups excluding carboxylic acids is 1. The number of hydrogen-bond acceptors (Lipinski definition) is 3. The van der Waals surface area contributed by atoms with Crippen molar-refractivity contribution in [1.82, 2.24) is 14.9 Å². The third kappa shape index (κ3) is 4.34. The first-order valence-electron chi connectivity index (χ1n) is 10.1. The van der Waals surface area contributed by atoms with Gasteiger partial charge in [-0.25, -0.2) is 13.8 Å². The van der Waals surface area contributed by atoms with Crippen LogP contribution in [0.3, 0.4) is 0 Å². The smallest absolute Gasteiger partial charge is 0.254 e. The van der Waals surface area contributed by atoms with Crippen LogP contribution in [-0.4, -0.2) is 21.5 Å². The SMILES string of the molecule is Cn1c(Nc2c(Cl)ccc(Cl)c2F)nc2cc(C(=O)N[C@H]3CC[C@H](C)CC3)c(F)cc21. The van der Waals surface area contributed by atoms with Gasteiger partial charge in [0.05, 0.1) is 32.3 Å². The largest absolute Gasteiger partial charge is 0.349 e. The van der Waals surface area contributed by atoms with Crippen LogP contribution in [0.4, 0.5) is 20.4 Å². The van der Waals surface area contributed by atoms with Crippen LogP contribution in [0.1, 0.15) is 43.0 Å². The molecule has 1 aliphatic carbocycles. The molecule has 1 aliphatic rings. The summed E-state index contributed by atoms with van der Waals surface area (Å²) in [5.74, 6) is -0.928. The lowest BCUT2D eigenvalue weighted by atomic mass is 9.87. The Bertz CT molecular complexity index is 1160. The molecule has 1 heterocycles. The highest BCUT2D eigenvalue weighted by Crippen LogP contribution is 2.33. The molecule has 0 unspecified atom stereocenters. The molecular formula is C22H22Cl2F2N4O. The average Bonchev–Trinajstić information content (AvgIpc) is 3.04. The number of anilines is 2. The van der Waals surface area contributed by atoms with Gasteiger partial charge in [-0.2, -0.15) is 0 Å². The van der Waals surface area contributed by atoms with Crippen LogP contribution in [0.2, 0.25) is 10.0 Å². The fraction of sp³-hybridized carbons (Fsp3) is 0.364. The minimum Gasteiger partial charge on any atom is -0.349 e. The number of nitrogens with one attached hydrogen (secondary N) is 2. The van der Waals surface area contributed by atoms with Crippen molar-refractivity contribution in [3.8, 4) is 0 Å². The number of amides is 1. The second-order valence-corrected chi connectivity index (χ2v) is 8.90. The number of rotatable bonds is 4. The standard InChI is InChI=1S/C22H22Cl2F2N4O/c1-11-3-5-12(6-4-11)27-21(31)13-9-17-18(10-16(13)25)30(2)22(28-17)29-20-15(24)8-7-14(23)19(20)26/h7-12H,3-6H2,1-2H3,(H,27,31)(H,28,29)/t11-,12-. The summed E-state index contributed by atoms with van der Waals surface area (Å²) in [6, 6.07) is 5.53. The third-order valence-electron chi connectivity index (χ3n) is 5.85. The van der Waals surface area contributed by atoms with Crippen LogP contribution >= 0.6 is 23.2 Å². The zero-order valence-corrected chi connectivity index (χ0v) is 18.6. The number of hydrogen-bond donors (Lipinski definition) is 2. The molecule has 9 heteroatoms. The van der Waals surface area contributed by atoms with E-state index in [0.29, 0.717) is 17.0 Å². The second-order valence-electron chi connectivity index (χ2n) is 8.09. The fourth-order valence-electron chi connectivity index (χ4n) is 3.92. The number of halogens is 4. The third-order valence-corrected chi connectivity index (χ3v) is 6.45. The van der Waals surface area contributed by atoms with Crippen LogP contribution < -0.4 is 10.6 Å². The predicted octanol–water partition coefficient (Wildman–Crippen LogP) is 6.21. The summed E-state index contributed by atoms with van der Waals surface area (Å²) in [6.45, 7) is 2.20. The minimum atomic E-state index is -0.714. The van der Waals surface area contributed by atoms with Crippen molar-refractivity contribution < 1.29 is 13.6 Å². The molecule has 1 fully saturated rings. The first kappa shape index (κ1) is 21.8. The average molecular weight is 467 g/mol. The van der Waals surface area contributed by atoms with Crippen molar-refractivity contribution in [1.29, 1.82) is 0 Å². The maximum Gasteiger partial charge on any atom is 0.254 e. The Labute approximate surface area is 188 Å². The molecule has 5 nitrogen and oxygen atoms in total. The van der Waals surface area contributed by atoms with Crippen LogP contribution in [0.5, 0.6) is 0 Å². The molecule has 2 aromatic carbocycles. The van der Waals surface area contributed by atoms with Crippen molar-refractivity contribution >= 4 is 51.8 Å². The van der Waals surface area contributed by atoms with E-state index in [0.717, 1.165) is 25.7 Å². The molecule has 1 amide bonds. The van der Waals surface area contributed by atoms with Crippen LogP contribution in [-0.2, 0) is 7.05 Å². The van der Waals surface area contributed by atoms with Gasteiger partial charge >= 0.3 is 0 Å². The van der Waals surface area contributed by atoms with Crippen molar-refractivity contribution in [2.45, 2.75) is 38.6 Å². The first-order valence-corrected chi connectivity index (χ1v) is 10.9. The fourth-order valence-corrected chi connectivity index (χ4v) is 4.27. The Hall–Kier alpha value is -2.38. The molecule has 0 spiro atoms.